The molecule has 2 heterocycles. The number of hydrogen-bond donors (Lipinski definition) is 1. The Morgan fingerprint density at radius 3 is 2.52 bits per heavy atom. The molecule has 0 fully saturated rings. The van der Waals surface area contributed by atoms with Crippen LogP contribution in [-0.2, 0) is 6.18 Å². The van der Waals surface area contributed by atoms with E-state index in [1.807, 2.05) is 0 Å². The van der Waals surface area contributed by atoms with Crippen molar-refractivity contribution >= 4 is 11.7 Å². The maximum Gasteiger partial charge on any atom is 0.416 e. The van der Waals surface area contributed by atoms with Crippen molar-refractivity contribution in [2.75, 3.05) is 0 Å². The van der Waals surface area contributed by atoms with E-state index < -0.39 is 17.7 Å². The minimum Gasteiger partial charge on any atom is -0.478 e. The van der Waals surface area contributed by atoms with Crippen LogP contribution in [0.25, 0.3) is 17.0 Å². The maximum absolute atomic E-state index is 13.0. The fourth-order valence-corrected chi connectivity index (χ4v) is 2.65. The van der Waals surface area contributed by atoms with Gasteiger partial charge in [0, 0.05) is 11.6 Å². The topological polar surface area (TPSA) is 89.6 Å². The number of hydrogen-bond acceptors (Lipinski definition) is 5. The molecule has 0 amide bonds. The zero-order valence-corrected chi connectivity index (χ0v) is 14.5. The Morgan fingerprint density at radius 1 is 1.07 bits per heavy atom. The summed E-state index contributed by atoms with van der Waals surface area (Å²) in [5, 5.41) is 13.0. The number of aromatic carboxylic acids is 1. The predicted octanol–water partition coefficient (Wildman–Crippen LogP) is 4.30. The van der Waals surface area contributed by atoms with E-state index in [4.69, 9.17) is 9.84 Å². The van der Waals surface area contributed by atoms with Crippen LogP contribution in [0.2, 0.25) is 0 Å². The molecule has 0 radical (unpaired) electrons. The van der Waals surface area contributed by atoms with Crippen LogP contribution < -0.4 is 4.74 Å². The van der Waals surface area contributed by atoms with E-state index in [0.717, 1.165) is 12.1 Å². The number of carboxylic acid groups (broad SMARTS) is 1. The molecule has 0 aliphatic heterocycles. The van der Waals surface area contributed by atoms with Gasteiger partial charge in [-0.2, -0.15) is 27.8 Å². The molecule has 0 unspecified atom stereocenters. The number of halogens is 3. The second kappa shape index (κ2) is 6.89. The average Bonchev–Trinajstić information content (AvgIpc) is 3.17. The first-order chi connectivity index (χ1) is 13.8. The number of carboxylic acids is 1. The summed E-state index contributed by atoms with van der Waals surface area (Å²) in [5.41, 5.74) is -0.266. The van der Waals surface area contributed by atoms with E-state index in [2.05, 4.69) is 15.1 Å². The molecule has 29 heavy (non-hydrogen) atoms. The van der Waals surface area contributed by atoms with Crippen molar-refractivity contribution in [2.24, 2.45) is 0 Å². The minimum atomic E-state index is -4.49. The summed E-state index contributed by atoms with van der Waals surface area (Å²) in [6.07, 6.45) is -3.25. The molecule has 146 valence electrons. The van der Waals surface area contributed by atoms with Gasteiger partial charge in [-0.15, -0.1) is 0 Å². The van der Waals surface area contributed by atoms with Gasteiger partial charge in [-0.05, 0) is 36.4 Å². The van der Waals surface area contributed by atoms with E-state index in [0.29, 0.717) is 5.75 Å². The number of benzene rings is 2. The van der Waals surface area contributed by atoms with Crippen LogP contribution in [0.5, 0.6) is 11.6 Å². The standard InChI is InChI=1S/C19H11F3N4O3/c20-19(21,22)13-3-1-2-12(8-13)15-9-16(26-18(25-15)23-10-24-26)29-14-6-4-11(5-7-14)17(27)28/h1-10H,(H,27,28). The van der Waals surface area contributed by atoms with Crippen LogP contribution >= 0.6 is 0 Å². The Morgan fingerprint density at radius 2 is 1.83 bits per heavy atom. The zero-order valence-electron chi connectivity index (χ0n) is 14.5. The molecule has 0 atom stereocenters. The quantitative estimate of drug-likeness (QED) is 0.549. The largest absolute Gasteiger partial charge is 0.478 e. The molecule has 2 aromatic carbocycles. The van der Waals surface area contributed by atoms with Crippen molar-refractivity contribution in [1.29, 1.82) is 0 Å². The average molecular weight is 400 g/mol. The van der Waals surface area contributed by atoms with Gasteiger partial charge in [0.05, 0.1) is 16.8 Å². The van der Waals surface area contributed by atoms with Crippen molar-refractivity contribution in [3.8, 4) is 22.9 Å². The van der Waals surface area contributed by atoms with Crippen LogP contribution in [-0.4, -0.2) is 30.7 Å². The van der Waals surface area contributed by atoms with E-state index in [1.54, 1.807) is 0 Å². The molecule has 10 heteroatoms. The molecule has 0 bridgehead atoms. The lowest BCUT2D eigenvalue weighted by Gasteiger charge is -2.11. The summed E-state index contributed by atoms with van der Waals surface area (Å²) in [6, 6.07) is 11.8. The lowest BCUT2D eigenvalue weighted by molar-refractivity contribution is -0.137. The Bertz CT molecular complexity index is 1200. The van der Waals surface area contributed by atoms with Gasteiger partial charge in [-0.25, -0.2) is 9.78 Å². The van der Waals surface area contributed by atoms with Crippen LogP contribution in [0.15, 0.2) is 60.9 Å². The Labute approximate surface area is 161 Å². The highest BCUT2D eigenvalue weighted by molar-refractivity contribution is 5.87. The molecule has 0 spiro atoms. The van der Waals surface area contributed by atoms with E-state index in [1.165, 1.54) is 53.3 Å². The van der Waals surface area contributed by atoms with Gasteiger partial charge >= 0.3 is 12.1 Å². The number of carbonyl (C=O) groups is 1. The summed E-state index contributed by atoms with van der Waals surface area (Å²) >= 11 is 0. The summed E-state index contributed by atoms with van der Waals surface area (Å²) in [6.45, 7) is 0. The first-order valence-corrected chi connectivity index (χ1v) is 8.21. The maximum atomic E-state index is 13.0. The van der Waals surface area contributed by atoms with Crippen LogP contribution in [0.3, 0.4) is 0 Å². The fourth-order valence-electron chi connectivity index (χ4n) is 2.65. The molecule has 4 aromatic rings. The van der Waals surface area contributed by atoms with E-state index in [-0.39, 0.29) is 28.5 Å². The van der Waals surface area contributed by atoms with E-state index in [9.17, 15) is 18.0 Å². The van der Waals surface area contributed by atoms with E-state index >= 15 is 0 Å². The summed E-state index contributed by atoms with van der Waals surface area (Å²) < 4.78 is 46.1. The molecular formula is C19H11F3N4O3. The normalized spacial score (nSPS) is 11.6. The van der Waals surface area contributed by atoms with Crippen molar-refractivity contribution in [3.63, 3.8) is 0 Å². The van der Waals surface area contributed by atoms with Crippen LogP contribution in [0.4, 0.5) is 13.2 Å². The first kappa shape index (κ1) is 18.4. The second-order valence-electron chi connectivity index (χ2n) is 5.96. The highest BCUT2D eigenvalue weighted by Crippen LogP contribution is 2.33. The van der Waals surface area contributed by atoms with Crippen LogP contribution in [0, 0.1) is 0 Å². The molecular weight excluding hydrogens is 389 g/mol. The van der Waals surface area contributed by atoms with Crippen molar-refractivity contribution in [3.05, 3.63) is 72.1 Å². The fraction of sp³-hybridized carbons (Fsp3) is 0.0526. The molecule has 0 saturated carbocycles. The third-order valence-electron chi connectivity index (χ3n) is 4.03. The first-order valence-electron chi connectivity index (χ1n) is 8.21. The lowest BCUT2D eigenvalue weighted by atomic mass is 10.1. The third kappa shape index (κ3) is 3.72. The minimum absolute atomic E-state index is 0.0858. The van der Waals surface area contributed by atoms with Gasteiger partial charge in [-0.1, -0.05) is 12.1 Å². The second-order valence-corrected chi connectivity index (χ2v) is 5.96. The van der Waals surface area contributed by atoms with Gasteiger partial charge in [-0.3, -0.25) is 0 Å². The number of nitrogens with zero attached hydrogens (tertiary/aromatic N) is 4. The Hall–Kier alpha value is -3.95. The molecule has 1 N–H and O–H groups in total. The highest BCUT2D eigenvalue weighted by Gasteiger charge is 2.30. The van der Waals surface area contributed by atoms with Gasteiger partial charge in [0.2, 0.25) is 5.88 Å². The Kier molecular flexibility index (Phi) is 4.38. The highest BCUT2D eigenvalue weighted by atomic mass is 19.4. The molecule has 7 nitrogen and oxygen atoms in total. The number of alkyl halides is 3. The molecule has 4 rings (SSSR count). The third-order valence-corrected chi connectivity index (χ3v) is 4.03. The zero-order chi connectivity index (χ0) is 20.6. The SMILES string of the molecule is O=C(O)c1ccc(Oc2cc(-c3cccc(C(F)(F)F)c3)nc3ncnn23)cc1. The smallest absolute Gasteiger partial charge is 0.416 e. The molecule has 0 aliphatic rings. The molecule has 0 aliphatic carbocycles. The van der Waals surface area contributed by atoms with Gasteiger partial charge in [0.25, 0.3) is 5.78 Å². The molecule has 2 aromatic heterocycles. The van der Waals surface area contributed by atoms with Crippen molar-refractivity contribution in [2.45, 2.75) is 6.18 Å². The number of rotatable bonds is 4. The molecule has 0 saturated heterocycles. The van der Waals surface area contributed by atoms with Gasteiger partial charge < -0.3 is 9.84 Å². The van der Waals surface area contributed by atoms with Gasteiger partial charge in [0.1, 0.15) is 12.1 Å². The number of fused-ring (bicyclic) bond motifs is 1. The summed E-state index contributed by atoms with van der Waals surface area (Å²) in [4.78, 5) is 19.2. The Balaban J connectivity index is 1.76. The number of aromatic nitrogens is 4. The summed E-state index contributed by atoms with van der Waals surface area (Å²) in [5.74, 6) is -0.473. The van der Waals surface area contributed by atoms with Crippen LogP contribution in [0.1, 0.15) is 15.9 Å². The number of ether oxygens (including phenoxy) is 1. The lowest BCUT2D eigenvalue weighted by Crippen LogP contribution is -2.05. The van der Waals surface area contributed by atoms with Crippen molar-refractivity contribution < 1.29 is 27.8 Å². The van der Waals surface area contributed by atoms with Gasteiger partial charge in [0.15, 0.2) is 0 Å². The monoisotopic (exact) mass is 400 g/mol. The van der Waals surface area contributed by atoms with Crippen molar-refractivity contribution in [1.82, 2.24) is 19.6 Å². The predicted molar refractivity (Wildman–Crippen MR) is 94.7 cm³/mol. The summed E-state index contributed by atoms with van der Waals surface area (Å²) in [7, 11) is 0.